The molecular weight excluding hydrogens is 661 g/mol. The van der Waals surface area contributed by atoms with Gasteiger partial charge in [-0.3, -0.25) is 14.5 Å². The predicted molar refractivity (Wildman–Crippen MR) is 199 cm³/mol. The molecule has 12 heteroatoms. The van der Waals surface area contributed by atoms with Crippen LogP contribution in [0.2, 0.25) is 0 Å². The third-order valence-electron chi connectivity index (χ3n) is 7.67. The summed E-state index contributed by atoms with van der Waals surface area (Å²) in [6.45, 7) is 16.6. The number of carbonyl (C=O) groups excluding carboxylic acids is 3. The van der Waals surface area contributed by atoms with Gasteiger partial charge in [-0.05, 0) is 94.2 Å². The van der Waals surface area contributed by atoms with Crippen LogP contribution in [0.25, 0.3) is 11.1 Å². The van der Waals surface area contributed by atoms with Crippen LogP contribution in [0.5, 0.6) is 0 Å². The van der Waals surface area contributed by atoms with E-state index in [0.29, 0.717) is 50.9 Å². The molecule has 3 aromatic rings. The lowest BCUT2D eigenvalue weighted by molar-refractivity contribution is -0.109. The molecule has 3 N–H and O–H groups in total. The van der Waals surface area contributed by atoms with Gasteiger partial charge in [0.2, 0.25) is 0 Å². The normalized spacial score (nSPS) is 13.3. The number of pyridine rings is 1. The first-order valence-electron chi connectivity index (χ1n) is 16.8. The maximum absolute atomic E-state index is 14.4. The van der Waals surface area contributed by atoms with Gasteiger partial charge in [-0.15, -0.1) is 0 Å². The molecule has 51 heavy (non-hydrogen) atoms. The predicted octanol–water partition coefficient (Wildman–Crippen LogP) is 5.57. The van der Waals surface area contributed by atoms with Gasteiger partial charge in [-0.2, -0.15) is 0 Å². The van der Waals surface area contributed by atoms with Crippen molar-refractivity contribution >= 4 is 18.9 Å². The molecule has 1 saturated heterocycles. The molecule has 0 spiro atoms. The van der Waals surface area contributed by atoms with E-state index in [9.17, 15) is 32.3 Å². The average molecular weight is 719 g/mol. The first-order chi connectivity index (χ1) is 24.1. The van der Waals surface area contributed by atoms with E-state index in [0.717, 1.165) is 41.6 Å². The second kappa shape index (κ2) is 24.3. The summed E-state index contributed by atoms with van der Waals surface area (Å²) < 4.78 is 42.7. The number of likely N-dealkylation sites (N-methyl/N-ethyl adjacent to an activating group) is 1. The summed E-state index contributed by atoms with van der Waals surface area (Å²) in [6, 6.07) is 10.1. The van der Waals surface area contributed by atoms with Gasteiger partial charge in [0.1, 0.15) is 18.7 Å². The highest BCUT2D eigenvalue weighted by Gasteiger charge is 2.30. The van der Waals surface area contributed by atoms with Gasteiger partial charge in [0.15, 0.2) is 17.9 Å². The van der Waals surface area contributed by atoms with Crippen molar-refractivity contribution in [3.63, 3.8) is 0 Å². The van der Waals surface area contributed by atoms with Gasteiger partial charge in [-0.1, -0.05) is 38.5 Å². The topological polar surface area (TPSA) is 121 Å². The Kier molecular flexibility index (Phi) is 22.4. The summed E-state index contributed by atoms with van der Waals surface area (Å²) in [5, 5.41) is 12.6. The number of hydrogen-bond donors (Lipinski definition) is 3. The van der Waals surface area contributed by atoms with E-state index in [4.69, 9.17) is 5.11 Å². The molecule has 9 nitrogen and oxygen atoms in total. The Labute approximate surface area is 301 Å². The number of aromatic nitrogens is 1. The van der Waals surface area contributed by atoms with Gasteiger partial charge in [0.25, 0.3) is 5.56 Å². The Bertz CT molecular complexity index is 1550. The van der Waals surface area contributed by atoms with Crippen molar-refractivity contribution in [2.24, 2.45) is 5.92 Å². The lowest BCUT2D eigenvalue weighted by Gasteiger charge is -2.34. The highest BCUT2D eigenvalue weighted by atomic mass is 19.2. The molecule has 0 bridgehead atoms. The van der Waals surface area contributed by atoms with Crippen molar-refractivity contribution < 1.29 is 32.7 Å². The van der Waals surface area contributed by atoms with Crippen molar-refractivity contribution in [2.45, 2.75) is 73.1 Å². The fourth-order valence-electron chi connectivity index (χ4n) is 5.13. The maximum Gasteiger partial charge on any atom is 0.261 e. The van der Waals surface area contributed by atoms with Crippen LogP contribution in [0.1, 0.15) is 66.7 Å². The highest BCUT2D eigenvalue weighted by Crippen LogP contribution is 2.35. The molecule has 1 atom stereocenters. The zero-order chi connectivity index (χ0) is 39.3. The largest absolute Gasteiger partial charge is 0.400 e. The van der Waals surface area contributed by atoms with Crippen LogP contribution in [0.15, 0.2) is 47.4 Å². The number of benzene rings is 2. The number of nitrogens with zero attached hydrogens (tertiary/aromatic N) is 2. The molecule has 1 aromatic heterocycles. The molecule has 0 unspecified atom stereocenters. The van der Waals surface area contributed by atoms with Gasteiger partial charge in [0.05, 0.1) is 17.6 Å². The SMILES string of the molecule is CC(C)C.CNCC=O.CN[C@@](C)(CC=O)c1cc(-c2c(C)cc(C)cc2C)cc(F)c1F.CO.O=Cc1cccn(CCN2CC(F)C2)c1=O. The zero-order valence-corrected chi connectivity index (χ0v) is 31.8. The number of rotatable bonds is 11. The summed E-state index contributed by atoms with van der Waals surface area (Å²) >= 11 is 0. The number of aryl methyl sites for hydroxylation is 3. The van der Waals surface area contributed by atoms with Crippen LogP contribution in [-0.2, 0) is 21.7 Å². The maximum atomic E-state index is 14.4. The van der Waals surface area contributed by atoms with Crippen molar-refractivity contribution in [1.82, 2.24) is 20.1 Å². The number of nitrogens with one attached hydrogen (secondary N) is 2. The molecule has 1 fully saturated rings. The van der Waals surface area contributed by atoms with Crippen molar-refractivity contribution in [3.8, 4) is 11.1 Å². The Balaban J connectivity index is 0.000000791. The van der Waals surface area contributed by atoms with Crippen molar-refractivity contribution in [2.75, 3.05) is 47.4 Å². The molecule has 2 aromatic carbocycles. The molecule has 4 rings (SSSR count). The molecule has 1 aliphatic rings. The summed E-state index contributed by atoms with van der Waals surface area (Å²) in [7, 11) is 4.37. The van der Waals surface area contributed by atoms with Gasteiger partial charge < -0.3 is 29.9 Å². The van der Waals surface area contributed by atoms with Crippen LogP contribution in [0.3, 0.4) is 0 Å². The monoisotopic (exact) mass is 718 g/mol. The highest BCUT2D eigenvalue weighted by molar-refractivity contribution is 5.74. The summed E-state index contributed by atoms with van der Waals surface area (Å²) in [4.78, 5) is 44.4. The molecule has 0 amide bonds. The number of aldehydes is 3. The van der Waals surface area contributed by atoms with Gasteiger partial charge in [-0.25, -0.2) is 13.2 Å². The van der Waals surface area contributed by atoms with Crippen LogP contribution in [-0.4, -0.2) is 87.0 Å². The summed E-state index contributed by atoms with van der Waals surface area (Å²) in [5.74, 6) is -0.992. The van der Waals surface area contributed by atoms with Crippen LogP contribution in [0.4, 0.5) is 13.2 Å². The van der Waals surface area contributed by atoms with E-state index in [1.54, 1.807) is 39.3 Å². The standard InChI is InChI=1S/C20H23F2NO.C11H13FN2O2.C4H10.C3H7NO.CH4O/c1-12-8-13(2)18(14(3)9-12)15-10-16(19(22)17(21)11-15)20(4,23-5)6-7-24;12-10-6-13(7-10)4-5-14-3-1-2-9(8-15)11(14)16;1-4(2)3;1-4-2-3-5;1-2/h7-11,23H,6H2,1-5H3;1-3,8,10H,4-7H2;4H,1-3H3;3-4H,2H2,1H3;2H,1H3/t20-;;;;/m0..../s1. The van der Waals surface area contributed by atoms with Crippen molar-refractivity contribution in [3.05, 3.63) is 92.4 Å². The number of aliphatic hydroxyl groups excluding tert-OH is 1. The van der Waals surface area contributed by atoms with Crippen LogP contribution in [0, 0.1) is 38.3 Å². The lowest BCUT2D eigenvalue weighted by atomic mass is 9.85. The smallest absolute Gasteiger partial charge is 0.261 e. The number of halogens is 3. The number of carbonyl (C=O) groups is 3. The van der Waals surface area contributed by atoms with E-state index >= 15 is 0 Å². The third kappa shape index (κ3) is 15.4. The Morgan fingerprint density at radius 1 is 0.961 bits per heavy atom. The summed E-state index contributed by atoms with van der Waals surface area (Å²) in [6.07, 6.45) is 3.05. The van der Waals surface area contributed by atoms with E-state index in [-0.39, 0.29) is 23.1 Å². The molecular formula is C39H57F3N4O5. The second-order valence-electron chi connectivity index (χ2n) is 12.9. The van der Waals surface area contributed by atoms with Gasteiger partial charge in [0, 0.05) is 51.5 Å². The Hall–Kier alpha value is -3.97. The van der Waals surface area contributed by atoms with Gasteiger partial charge >= 0.3 is 0 Å². The van der Waals surface area contributed by atoms with Crippen LogP contribution < -0.4 is 16.2 Å². The number of hydrogen-bond acceptors (Lipinski definition) is 8. The fraction of sp³-hybridized carbons (Fsp3) is 0.487. The summed E-state index contributed by atoms with van der Waals surface area (Å²) in [5.41, 5.74) is 3.72. The lowest BCUT2D eigenvalue weighted by Crippen LogP contribution is -2.49. The van der Waals surface area contributed by atoms with E-state index in [2.05, 4.69) is 31.4 Å². The van der Waals surface area contributed by atoms with E-state index in [1.165, 1.54) is 16.7 Å². The minimum Gasteiger partial charge on any atom is -0.400 e. The molecule has 284 valence electrons. The second-order valence-corrected chi connectivity index (χ2v) is 12.9. The molecule has 0 aliphatic carbocycles. The van der Waals surface area contributed by atoms with E-state index < -0.39 is 23.3 Å². The number of likely N-dealkylation sites (tertiary alicyclic amines) is 1. The Morgan fingerprint density at radius 3 is 1.96 bits per heavy atom. The minimum absolute atomic E-state index is 0.0508. The molecule has 0 saturated carbocycles. The van der Waals surface area contributed by atoms with E-state index in [1.807, 2.05) is 37.8 Å². The quantitative estimate of drug-likeness (QED) is 0.220. The molecule has 0 radical (unpaired) electrons. The minimum atomic E-state index is -0.963. The zero-order valence-electron chi connectivity index (χ0n) is 31.8. The first-order valence-corrected chi connectivity index (χ1v) is 16.8. The van der Waals surface area contributed by atoms with Crippen molar-refractivity contribution in [1.29, 1.82) is 0 Å². The number of alkyl halides is 1. The average Bonchev–Trinajstić information content (AvgIpc) is 3.06. The number of aliphatic hydroxyl groups is 1. The molecule has 2 heterocycles. The Morgan fingerprint density at radius 2 is 1.53 bits per heavy atom. The fourth-order valence-corrected chi connectivity index (χ4v) is 5.13. The first kappa shape index (κ1) is 47.0. The van der Waals surface area contributed by atoms with Crippen LogP contribution >= 0.6 is 0 Å². The third-order valence-corrected chi connectivity index (χ3v) is 7.67. The molecule has 1 aliphatic heterocycles.